The molecule has 0 bridgehead atoms. The first-order chi connectivity index (χ1) is 15.5. The van der Waals surface area contributed by atoms with Crippen LogP contribution < -0.4 is 10.2 Å². The number of fused-ring (bicyclic) bond motifs is 1. The molecule has 2 saturated heterocycles. The third kappa shape index (κ3) is 4.35. The molecule has 0 aliphatic carbocycles. The number of benzene rings is 1. The molecule has 32 heavy (non-hydrogen) atoms. The van der Waals surface area contributed by atoms with Gasteiger partial charge in [-0.15, -0.1) is 0 Å². The number of nitrogens with zero attached hydrogens (tertiary/aromatic N) is 5. The van der Waals surface area contributed by atoms with Crippen molar-refractivity contribution in [3.8, 4) is 0 Å². The molecule has 0 atom stereocenters. The lowest BCUT2D eigenvalue weighted by Gasteiger charge is -2.34. The molecule has 2 aliphatic heterocycles. The first-order valence-electron chi connectivity index (χ1n) is 10.8. The molecule has 2 fully saturated rings. The molecule has 166 valence electrons. The number of hydrogen-bond acceptors (Lipinski definition) is 5. The van der Waals surface area contributed by atoms with Crippen LogP contribution in [0.2, 0.25) is 0 Å². The second-order valence-electron chi connectivity index (χ2n) is 8.33. The fraction of sp³-hybridized carbons (Fsp3) is 0.348. The summed E-state index contributed by atoms with van der Waals surface area (Å²) in [6.45, 7) is 5.82. The number of aromatic nitrogens is 2. The van der Waals surface area contributed by atoms with Crippen LogP contribution >= 0.6 is 0 Å². The summed E-state index contributed by atoms with van der Waals surface area (Å²) in [7, 11) is 0. The topological polar surface area (TPSA) is 73.2 Å². The average molecular weight is 436 g/mol. The van der Waals surface area contributed by atoms with Crippen LogP contribution in [0.4, 0.5) is 14.9 Å². The van der Waals surface area contributed by atoms with E-state index in [-0.39, 0.29) is 18.1 Å². The molecule has 2 aliphatic rings. The Bertz CT molecular complexity index is 1140. The minimum atomic E-state index is -0.404. The first kappa shape index (κ1) is 20.6. The normalized spacial score (nSPS) is 18.3. The Morgan fingerprint density at radius 2 is 1.59 bits per heavy atom. The Labute approximate surface area is 185 Å². The SMILES string of the molecule is O=C1CCN(c2cnn3ccc(CN4CCN(Cc5ccc(F)cc5)CC4)cc23)C(=O)N1. The highest BCUT2D eigenvalue weighted by molar-refractivity contribution is 6.07. The number of amides is 3. The monoisotopic (exact) mass is 436 g/mol. The molecule has 1 N–H and O–H groups in total. The summed E-state index contributed by atoms with van der Waals surface area (Å²) in [5.74, 6) is -0.451. The predicted molar refractivity (Wildman–Crippen MR) is 118 cm³/mol. The van der Waals surface area contributed by atoms with Crippen LogP contribution in [-0.2, 0) is 17.9 Å². The van der Waals surface area contributed by atoms with Gasteiger partial charge in [-0.1, -0.05) is 12.1 Å². The number of imide groups is 1. The van der Waals surface area contributed by atoms with E-state index in [4.69, 9.17) is 0 Å². The standard InChI is InChI=1S/C23H25FN6O2/c24-19-3-1-17(2-4-19)15-27-9-11-28(12-10-27)16-18-5-8-30-20(13-18)21(14-25-30)29-7-6-22(31)26-23(29)32/h1-5,8,13-14H,6-7,9-12,15-16H2,(H,26,31,32). The van der Waals surface area contributed by atoms with E-state index in [9.17, 15) is 14.0 Å². The van der Waals surface area contributed by atoms with Crippen molar-refractivity contribution in [1.82, 2.24) is 24.7 Å². The van der Waals surface area contributed by atoms with Gasteiger partial charge in [0.05, 0.1) is 17.4 Å². The third-order valence-corrected chi connectivity index (χ3v) is 6.10. The summed E-state index contributed by atoms with van der Waals surface area (Å²) >= 11 is 0. The van der Waals surface area contributed by atoms with Crippen molar-refractivity contribution in [2.24, 2.45) is 0 Å². The molecule has 0 spiro atoms. The van der Waals surface area contributed by atoms with Crippen LogP contribution in [0.25, 0.3) is 5.52 Å². The van der Waals surface area contributed by atoms with Gasteiger partial charge in [0.2, 0.25) is 5.91 Å². The van der Waals surface area contributed by atoms with Crippen LogP contribution in [0, 0.1) is 5.82 Å². The van der Waals surface area contributed by atoms with E-state index >= 15 is 0 Å². The van der Waals surface area contributed by atoms with Crippen molar-refractivity contribution in [2.45, 2.75) is 19.5 Å². The minimum absolute atomic E-state index is 0.203. The van der Waals surface area contributed by atoms with Gasteiger partial charge in [0.25, 0.3) is 0 Å². The smallest absolute Gasteiger partial charge is 0.297 e. The molecular formula is C23H25FN6O2. The third-order valence-electron chi connectivity index (χ3n) is 6.10. The number of urea groups is 1. The van der Waals surface area contributed by atoms with Gasteiger partial charge in [0, 0.05) is 58.4 Å². The summed E-state index contributed by atoms with van der Waals surface area (Å²) in [5, 5.41) is 6.72. The van der Waals surface area contributed by atoms with E-state index < -0.39 is 6.03 Å². The maximum Gasteiger partial charge on any atom is 0.328 e. The lowest BCUT2D eigenvalue weighted by atomic mass is 10.1. The number of anilines is 1. The van der Waals surface area contributed by atoms with Crippen molar-refractivity contribution in [3.05, 3.63) is 65.7 Å². The molecule has 4 heterocycles. The van der Waals surface area contributed by atoms with E-state index in [2.05, 4.69) is 32.3 Å². The Morgan fingerprint density at radius 1 is 0.906 bits per heavy atom. The number of nitrogens with one attached hydrogen (secondary N) is 1. The lowest BCUT2D eigenvalue weighted by Crippen LogP contribution is -2.49. The number of pyridine rings is 1. The maximum absolute atomic E-state index is 13.1. The molecule has 0 saturated carbocycles. The number of rotatable bonds is 5. The van der Waals surface area contributed by atoms with E-state index in [1.165, 1.54) is 12.1 Å². The van der Waals surface area contributed by atoms with Crippen LogP contribution in [0.15, 0.2) is 48.8 Å². The summed E-state index contributed by atoms with van der Waals surface area (Å²) in [5.41, 5.74) is 3.84. The highest BCUT2D eigenvalue weighted by atomic mass is 19.1. The highest BCUT2D eigenvalue weighted by Crippen LogP contribution is 2.25. The van der Waals surface area contributed by atoms with Crippen LogP contribution in [0.5, 0.6) is 0 Å². The van der Waals surface area contributed by atoms with E-state index in [1.807, 2.05) is 18.3 Å². The zero-order chi connectivity index (χ0) is 22.1. The van der Waals surface area contributed by atoms with Gasteiger partial charge in [0.1, 0.15) is 5.82 Å². The highest BCUT2D eigenvalue weighted by Gasteiger charge is 2.26. The Hall–Kier alpha value is -3.30. The van der Waals surface area contributed by atoms with Crippen molar-refractivity contribution < 1.29 is 14.0 Å². The van der Waals surface area contributed by atoms with Crippen molar-refractivity contribution in [3.63, 3.8) is 0 Å². The minimum Gasteiger partial charge on any atom is -0.297 e. The van der Waals surface area contributed by atoms with E-state index in [0.717, 1.165) is 55.9 Å². The largest absolute Gasteiger partial charge is 0.328 e. The molecule has 5 rings (SSSR count). The second kappa shape index (κ2) is 8.68. The van der Waals surface area contributed by atoms with Gasteiger partial charge < -0.3 is 0 Å². The number of carbonyl (C=O) groups is 2. The zero-order valence-electron chi connectivity index (χ0n) is 17.7. The van der Waals surface area contributed by atoms with E-state index in [0.29, 0.717) is 12.2 Å². The molecule has 2 aromatic heterocycles. The van der Waals surface area contributed by atoms with Crippen molar-refractivity contribution in [2.75, 3.05) is 37.6 Å². The molecule has 1 aromatic carbocycles. The van der Waals surface area contributed by atoms with Gasteiger partial charge >= 0.3 is 6.03 Å². The first-order valence-corrected chi connectivity index (χ1v) is 10.8. The molecule has 3 aromatic rings. The molecule has 9 heteroatoms. The molecule has 0 radical (unpaired) electrons. The Balaban J connectivity index is 1.23. The quantitative estimate of drug-likeness (QED) is 0.664. The molecule has 3 amide bonds. The predicted octanol–water partition coefficient (Wildman–Crippen LogP) is 2.24. The fourth-order valence-electron chi connectivity index (χ4n) is 4.32. The number of carbonyl (C=O) groups excluding carboxylic acids is 2. The average Bonchev–Trinajstić information content (AvgIpc) is 3.20. The molecule has 8 nitrogen and oxygen atoms in total. The van der Waals surface area contributed by atoms with Crippen molar-refractivity contribution in [1.29, 1.82) is 0 Å². The van der Waals surface area contributed by atoms with Gasteiger partial charge in [-0.3, -0.25) is 24.8 Å². The van der Waals surface area contributed by atoms with E-state index in [1.54, 1.807) is 15.6 Å². The van der Waals surface area contributed by atoms with Gasteiger partial charge in [0.15, 0.2) is 0 Å². The Morgan fingerprint density at radius 3 is 2.28 bits per heavy atom. The molecular weight excluding hydrogens is 411 g/mol. The number of piperazine rings is 1. The maximum atomic E-state index is 13.1. The lowest BCUT2D eigenvalue weighted by molar-refractivity contribution is -0.120. The summed E-state index contributed by atoms with van der Waals surface area (Å²) in [6.07, 6.45) is 3.86. The van der Waals surface area contributed by atoms with Crippen LogP contribution in [0.3, 0.4) is 0 Å². The van der Waals surface area contributed by atoms with Gasteiger partial charge in [-0.2, -0.15) is 5.10 Å². The Kier molecular flexibility index (Phi) is 5.59. The van der Waals surface area contributed by atoms with Gasteiger partial charge in [-0.25, -0.2) is 13.7 Å². The fourth-order valence-corrected chi connectivity index (χ4v) is 4.32. The zero-order valence-corrected chi connectivity index (χ0v) is 17.7. The summed E-state index contributed by atoms with van der Waals surface area (Å²) in [6, 6.07) is 10.4. The van der Waals surface area contributed by atoms with Gasteiger partial charge in [-0.05, 0) is 35.4 Å². The summed E-state index contributed by atoms with van der Waals surface area (Å²) in [4.78, 5) is 30.1. The van der Waals surface area contributed by atoms with Crippen molar-refractivity contribution >= 4 is 23.1 Å². The number of hydrogen-bond donors (Lipinski definition) is 1. The number of halogens is 1. The second-order valence-corrected chi connectivity index (χ2v) is 8.33. The molecule has 0 unspecified atom stereocenters. The van der Waals surface area contributed by atoms with Crippen LogP contribution in [-0.4, -0.2) is 64.1 Å². The summed E-state index contributed by atoms with van der Waals surface area (Å²) < 4.78 is 14.9. The van der Waals surface area contributed by atoms with Crippen LogP contribution in [0.1, 0.15) is 17.5 Å².